The van der Waals surface area contributed by atoms with Crippen molar-refractivity contribution in [3.05, 3.63) is 101 Å². The van der Waals surface area contributed by atoms with Crippen LogP contribution in [-0.2, 0) is 29.2 Å². The van der Waals surface area contributed by atoms with E-state index in [0.29, 0.717) is 39.4 Å². The average Bonchev–Trinajstić information content (AvgIpc) is 3.76. The normalized spacial score (nSPS) is 14.5. The summed E-state index contributed by atoms with van der Waals surface area (Å²) in [5.41, 5.74) is 4.00. The number of aromatic nitrogens is 5. The number of rotatable bonds is 9. The Labute approximate surface area is 270 Å². The number of hydrogen-bond acceptors (Lipinski definition) is 8. The molecule has 1 aliphatic carbocycles. The molecular formula is C33H31ClN6O3S2. The van der Waals surface area contributed by atoms with Crippen molar-refractivity contribution in [1.82, 2.24) is 29.0 Å². The van der Waals surface area contributed by atoms with Gasteiger partial charge in [0.25, 0.3) is 10.0 Å². The fourth-order valence-corrected chi connectivity index (χ4v) is 8.79. The summed E-state index contributed by atoms with van der Waals surface area (Å²) in [6.45, 7) is 2.62. The minimum Gasteiger partial charge on any atom is -0.497 e. The molecule has 12 heteroatoms. The summed E-state index contributed by atoms with van der Waals surface area (Å²) in [5, 5.41) is 10.1. The summed E-state index contributed by atoms with van der Waals surface area (Å²) in [4.78, 5) is 10.5. The third-order valence-corrected chi connectivity index (χ3v) is 11.7. The van der Waals surface area contributed by atoms with Crippen LogP contribution in [0, 0.1) is 6.92 Å². The van der Waals surface area contributed by atoms with Crippen molar-refractivity contribution >= 4 is 44.0 Å². The van der Waals surface area contributed by atoms with Gasteiger partial charge in [0.15, 0.2) is 5.65 Å². The quantitative estimate of drug-likeness (QED) is 0.180. The minimum atomic E-state index is -4.03. The number of methoxy groups -OCH3 is 1. The van der Waals surface area contributed by atoms with E-state index in [1.165, 1.54) is 10.2 Å². The first kappa shape index (κ1) is 29.7. The molecule has 2 aromatic carbocycles. The highest BCUT2D eigenvalue weighted by molar-refractivity contribution is 7.90. The fraction of sp³-hybridized carbons (Fsp3) is 0.242. The molecule has 1 aliphatic rings. The Kier molecular flexibility index (Phi) is 7.52. The van der Waals surface area contributed by atoms with E-state index in [4.69, 9.17) is 21.3 Å². The Morgan fingerprint density at radius 3 is 2.44 bits per heavy atom. The molecule has 0 unspecified atom stereocenters. The van der Waals surface area contributed by atoms with E-state index in [1.807, 2.05) is 31.3 Å². The topological polar surface area (TPSA) is 104 Å². The fourth-order valence-electron chi connectivity index (χ4n) is 5.79. The van der Waals surface area contributed by atoms with Gasteiger partial charge in [0.1, 0.15) is 10.8 Å². The molecule has 0 amide bonds. The lowest BCUT2D eigenvalue weighted by Crippen LogP contribution is -2.47. The van der Waals surface area contributed by atoms with Gasteiger partial charge in [0.2, 0.25) is 0 Å². The predicted molar refractivity (Wildman–Crippen MR) is 177 cm³/mol. The van der Waals surface area contributed by atoms with Crippen molar-refractivity contribution < 1.29 is 13.2 Å². The zero-order chi connectivity index (χ0) is 31.3. The monoisotopic (exact) mass is 658 g/mol. The van der Waals surface area contributed by atoms with Gasteiger partial charge in [-0.1, -0.05) is 41.4 Å². The van der Waals surface area contributed by atoms with E-state index >= 15 is 0 Å². The Morgan fingerprint density at radius 1 is 1.04 bits per heavy atom. The second kappa shape index (κ2) is 11.4. The number of aryl methyl sites for hydroxylation is 2. The second-order valence-corrected chi connectivity index (χ2v) is 14.6. The first-order valence-corrected chi connectivity index (χ1v) is 17.2. The highest BCUT2D eigenvalue weighted by atomic mass is 35.5. The zero-order valence-electron chi connectivity index (χ0n) is 25.0. The molecule has 0 bridgehead atoms. The van der Waals surface area contributed by atoms with E-state index in [1.54, 1.807) is 66.8 Å². The highest BCUT2D eigenvalue weighted by Crippen LogP contribution is 2.47. The molecule has 0 saturated heterocycles. The first-order chi connectivity index (χ1) is 21.7. The summed E-state index contributed by atoms with van der Waals surface area (Å²) in [6, 6.07) is 16.7. The smallest absolute Gasteiger partial charge is 0.269 e. The molecule has 4 aromatic heterocycles. The summed E-state index contributed by atoms with van der Waals surface area (Å²) >= 11 is 8.43. The molecule has 6 aromatic rings. The van der Waals surface area contributed by atoms with Crippen molar-refractivity contribution in [2.75, 3.05) is 7.11 Å². The summed E-state index contributed by atoms with van der Waals surface area (Å²) < 4.78 is 36.6. The lowest BCUT2D eigenvalue weighted by atomic mass is 9.77. The van der Waals surface area contributed by atoms with Crippen LogP contribution in [0.15, 0.2) is 84.3 Å². The number of fused-ring (bicyclic) bond motifs is 1. The second-order valence-electron chi connectivity index (χ2n) is 11.4. The molecule has 0 aliphatic heterocycles. The van der Waals surface area contributed by atoms with Gasteiger partial charge in [-0.15, -0.1) is 11.3 Å². The summed E-state index contributed by atoms with van der Waals surface area (Å²) in [7, 11) is -0.569. The first-order valence-electron chi connectivity index (χ1n) is 14.5. The molecule has 7 rings (SSSR count). The standard InChI is InChI=1S/C33H31ClN6O3S2/c1-21-5-11-25(12-6-21)45(41,42)40-28(23-17-38-39(2)20-23)15-26-30(27(34)18-35-31(26)40)29-19-36-32(44-29)33(13-4-14-33)37-16-22-7-9-24(43-3)10-8-22/h5-12,15,17-20,37H,4,13-14,16H2,1-3H3. The van der Waals surface area contributed by atoms with Crippen molar-refractivity contribution in [3.8, 4) is 27.4 Å². The molecular weight excluding hydrogens is 628 g/mol. The maximum atomic E-state index is 14.2. The molecule has 0 radical (unpaired) electrons. The third kappa shape index (κ3) is 5.23. The van der Waals surface area contributed by atoms with Crippen LogP contribution in [-0.4, -0.2) is 39.2 Å². The van der Waals surface area contributed by atoms with E-state index in [9.17, 15) is 8.42 Å². The maximum Gasteiger partial charge on any atom is 0.269 e. The Morgan fingerprint density at radius 2 is 1.80 bits per heavy atom. The largest absolute Gasteiger partial charge is 0.497 e. The SMILES string of the molecule is COc1ccc(CNC2(c3ncc(-c4c(Cl)cnc5c4cc(-c4cnn(C)c4)n5S(=O)(=O)c4ccc(C)cc4)s3)CCC2)cc1. The number of hydrogen-bond donors (Lipinski definition) is 1. The summed E-state index contributed by atoms with van der Waals surface area (Å²) in [5.74, 6) is 0.828. The number of nitrogens with zero attached hydrogens (tertiary/aromatic N) is 5. The van der Waals surface area contributed by atoms with Crippen LogP contribution in [0.4, 0.5) is 0 Å². The lowest BCUT2D eigenvalue weighted by Gasteiger charge is -2.41. The van der Waals surface area contributed by atoms with Crippen molar-refractivity contribution in [1.29, 1.82) is 0 Å². The van der Waals surface area contributed by atoms with Gasteiger partial charge in [-0.05, 0) is 62.1 Å². The number of nitrogens with one attached hydrogen (secondary N) is 1. The Balaban J connectivity index is 1.32. The number of thiazole rings is 1. The van der Waals surface area contributed by atoms with Crippen LogP contribution in [0.1, 0.15) is 35.4 Å². The molecule has 0 spiro atoms. The van der Waals surface area contributed by atoms with Crippen molar-refractivity contribution in [2.45, 2.75) is 43.2 Å². The summed E-state index contributed by atoms with van der Waals surface area (Å²) in [6.07, 6.45) is 9.86. The molecule has 1 fully saturated rings. The molecule has 1 N–H and O–H groups in total. The van der Waals surface area contributed by atoms with Crippen molar-refractivity contribution in [2.24, 2.45) is 7.05 Å². The molecule has 1 saturated carbocycles. The third-order valence-electron chi connectivity index (χ3n) is 8.46. The van der Waals surface area contributed by atoms with E-state index in [2.05, 4.69) is 27.5 Å². The van der Waals surface area contributed by atoms with Gasteiger partial charge < -0.3 is 10.1 Å². The molecule has 9 nitrogen and oxygen atoms in total. The molecule has 230 valence electrons. The van der Waals surface area contributed by atoms with Crippen LogP contribution in [0.25, 0.3) is 32.7 Å². The van der Waals surface area contributed by atoms with Gasteiger partial charge in [0.05, 0.1) is 39.3 Å². The van der Waals surface area contributed by atoms with Crippen LogP contribution in [0.5, 0.6) is 5.75 Å². The molecule has 0 atom stereocenters. The van der Waals surface area contributed by atoms with Gasteiger partial charge in [-0.3, -0.25) is 4.68 Å². The van der Waals surface area contributed by atoms with Crippen LogP contribution in [0.2, 0.25) is 5.02 Å². The maximum absolute atomic E-state index is 14.2. The predicted octanol–water partition coefficient (Wildman–Crippen LogP) is 6.94. The molecule has 45 heavy (non-hydrogen) atoms. The number of ether oxygens (including phenoxy) is 1. The lowest BCUT2D eigenvalue weighted by molar-refractivity contribution is 0.183. The number of benzene rings is 2. The Bertz CT molecular complexity index is 2130. The van der Waals surface area contributed by atoms with Crippen LogP contribution in [0.3, 0.4) is 0 Å². The van der Waals surface area contributed by atoms with E-state index in [0.717, 1.165) is 46.0 Å². The highest BCUT2D eigenvalue weighted by Gasteiger charge is 2.41. The zero-order valence-corrected chi connectivity index (χ0v) is 27.4. The van der Waals surface area contributed by atoms with Crippen LogP contribution >= 0.6 is 22.9 Å². The van der Waals surface area contributed by atoms with Crippen LogP contribution < -0.4 is 10.1 Å². The number of pyridine rings is 1. The van der Waals surface area contributed by atoms with Gasteiger partial charge in [-0.2, -0.15) is 5.10 Å². The minimum absolute atomic E-state index is 0.170. The van der Waals surface area contributed by atoms with Gasteiger partial charge in [-0.25, -0.2) is 22.4 Å². The number of halogens is 1. The molecule has 4 heterocycles. The van der Waals surface area contributed by atoms with E-state index < -0.39 is 10.0 Å². The van der Waals surface area contributed by atoms with Crippen molar-refractivity contribution in [3.63, 3.8) is 0 Å². The Hall–Kier alpha value is -4.03. The van der Waals surface area contributed by atoms with E-state index in [-0.39, 0.29) is 10.4 Å². The van der Waals surface area contributed by atoms with Gasteiger partial charge >= 0.3 is 0 Å². The van der Waals surface area contributed by atoms with Gasteiger partial charge in [0, 0.05) is 48.7 Å². The average molecular weight is 659 g/mol.